The molecule has 0 aromatic carbocycles. The second kappa shape index (κ2) is 4.49. The molecule has 1 fully saturated rings. The summed E-state index contributed by atoms with van der Waals surface area (Å²) in [5.74, 6) is 0.510. The predicted octanol–water partition coefficient (Wildman–Crippen LogP) is 0.517. The lowest BCUT2D eigenvalue weighted by atomic mass is 10.0. The topological polar surface area (TPSA) is 62.6 Å². The quantitative estimate of drug-likeness (QED) is 0.757. The lowest BCUT2D eigenvalue weighted by Gasteiger charge is -2.27. The van der Waals surface area contributed by atoms with Gasteiger partial charge in [0.1, 0.15) is 5.76 Å². The van der Waals surface area contributed by atoms with E-state index >= 15 is 0 Å². The monoisotopic (exact) mass is 222 g/mol. The first-order valence-corrected chi connectivity index (χ1v) is 5.24. The number of nitrogens with one attached hydrogen (secondary N) is 1. The average molecular weight is 222 g/mol. The number of carbonyl (C=O) groups excluding carboxylic acids is 2. The van der Waals surface area contributed by atoms with E-state index in [-0.39, 0.29) is 17.9 Å². The third-order valence-corrected chi connectivity index (χ3v) is 2.75. The Morgan fingerprint density at radius 2 is 2.38 bits per heavy atom. The molecule has 0 radical (unpaired) electrons. The minimum absolute atomic E-state index is 0.110. The van der Waals surface area contributed by atoms with Crippen molar-refractivity contribution in [1.82, 2.24) is 10.2 Å². The van der Waals surface area contributed by atoms with Crippen LogP contribution in [0, 0.1) is 0 Å². The molecule has 2 heterocycles. The fraction of sp³-hybridized carbons (Fsp3) is 0.455. The van der Waals surface area contributed by atoms with Crippen LogP contribution in [0.1, 0.15) is 18.6 Å². The largest absolute Gasteiger partial charge is 0.468 e. The summed E-state index contributed by atoms with van der Waals surface area (Å²) in [6.07, 6.45) is 2.57. The van der Waals surface area contributed by atoms with E-state index in [1.54, 1.807) is 12.3 Å². The number of nitrogens with zero attached hydrogens (tertiary/aromatic N) is 1. The van der Waals surface area contributed by atoms with Gasteiger partial charge in [-0.05, 0) is 18.6 Å². The van der Waals surface area contributed by atoms with Gasteiger partial charge < -0.3 is 4.42 Å². The van der Waals surface area contributed by atoms with Crippen molar-refractivity contribution in [1.29, 1.82) is 0 Å². The van der Waals surface area contributed by atoms with Crippen LogP contribution in [0.5, 0.6) is 0 Å². The summed E-state index contributed by atoms with van der Waals surface area (Å²) in [6.45, 7) is 0.505. The second-order valence-electron chi connectivity index (χ2n) is 3.84. The first-order chi connectivity index (χ1) is 7.68. The van der Waals surface area contributed by atoms with Crippen LogP contribution in [0.4, 0.5) is 0 Å². The number of amides is 2. The van der Waals surface area contributed by atoms with Crippen molar-refractivity contribution in [2.75, 3.05) is 7.05 Å². The normalized spacial score (nSPS) is 21.6. The van der Waals surface area contributed by atoms with E-state index in [0.717, 1.165) is 5.76 Å². The van der Waals surface area contributed by atoms with Crippen LogP contribution in [-0.2, 0) is 16.1 Å². The predicted molar refractivity (Wildman–Crippen MR) is 56.3 cm³/mol. The van der Waals surface area contributed by atoms with Gasteiger partial charge in [0.15, 0.2) is 0 Å². The molecule has 1 aromatic heterocycles. The summed E-state index contributed by atoms with van der Waals surface area (Å²) in [7, 11) is 1.52. The van der Waals surface area contributed by atoms with Crippen molar-refractivity contribution in [3.63, 3.8) is 0 Å². The standard InChI is InChI=1S/C11H14N2O3/c1-13-10(14)5-4-9(11(13)15)12-7-8-3-2-6-16-8/h2-3,6,9,12H,4-5,7H2,1H3. The Morgan fingerprint density at radius 3 is 3.06 bits per heavy atom. The molecule has 1 saturated heterocycles. The average Bonchev–Trinajstić information content (AvgIpc) is 2.78. The van der Waals surface area contributed by atoms with Gasteiger partial charge in [0.2, 0.25) is 11.8 Å². The number of carbonyl (C=O) groups is 2. The van der Waals surface area contributed by atoms with Crippen molar-refractivity contribution < 1.29 is 14.0 Å². The van der Waals surface area contributed by atoms with Gasteiger partial charge in [-0.25, -0.2) is 0 Å². The summed E-state index contributed by atoms with van der Waals surface area (Å²) in [5.41, 5.74) is 0. The second-order valence-corrected chi connectivity index (χ2v) is 3.84. The van der Waals surface area contributed by atoms with E-state index in [9.17, 15) is 9.59 Å². The van der Waals surface area contributed by atoms with Gasteiger partial charge >= 0.3 is 0 Å². The number of furan rings is 1. The Hall–Kier alpha value is -1.62. The van der Waals surface area contributed by atoms with E-state index < -0.39 is 0 Å². The van der Waals surface area contributed by atoms with Crippen LogP contribution >= 0.6 is 0 Å². The van der Waals surface area contributed by atoms with Crippen LogP contribution in [-0.4, -0.2) is 29.8 Å². The van der Waals surface area contributed by atoms with E-state index in [1.807, 2.05) is 6.07 Å². The van der Waals surface area contributed by atoms with Gasteiger partial charge in [0.05, 0.1) is 18.8 Å². The fourth-order valence-electron chi connectivity index (χ4n) is 1.74. The van der Waals surface area contributed by atoms with Crippen molar-refractivity contribution >= 4 is 11.8 Å². The molecule has 2 rings (SSSR count). The Balaban J connectivity index is 1.91. The maximum Gasteiger partial charge on any atom is 0.246 e. The fourth-order valence-corrected chi connectivity index (χ4v) is 1.74. The van der Waals surface area contributed by atoms with Gasteiger partial charge in [0, 0.05) is 13.5 Å². The van der Waals surface area contributed by atoms with Gasteiger partial charge in [-0.2, -0.15) is 0 Å². The highest BCUT2D eigenvalue weighted by atomic mass is 16.3. The number of rotatable bonds is 3. The first kappa shape index (κ1) is 10.9. The highest BCUT2D eigenvalue weighted by Crippen LogP contribution is 2.12. The third kappa shape index (κ3) is 2.14. The van der Waals surface area contributed by atoms with Crippen LogP contribution in [0.15, 0.2) is 22.8 Å². The molecule has 2 amide bonds. The minimum Gasteiger partial charge on any atom is -0.468 e. The summed E-state index contributed by atoms with van der Waals surface area (Å²) >= 11 is 0. The molecule has 1 unspecified atom stereocenters. The molecular formula is C11H14N2O3. The SMILES string of the molecule is CN1C(=O)CCC(NCc2ccco2)C1=O. The van der Waals surface area contributed by atoms with Crippen LogP contribution < -0.4 is 5.32 Å². The molecule has 5 heteroatoms. The van der Waals surface area contributed by atoms with Gasteiger partial charge in [0.25, 0.3) is 0 Å². The van der Waals surface area contributed by atoms with E-state index in [0.29, 0.717) is 19.4 Å². The Labute approximate surface area is 93.4 Å². The Bertz CT molecular complexity index is 386. The lowest BCUT2D eigenvalue weighted by Crippen LogP contribution is -2.51. The smallest absolute Gasteiger partial charge is 0.246 e. The van der Waals surface area contributed by atoms with Crippen LogP contribution in [0.25, 0.3) is 0 Å². The number of hydrogen-bond acceptors (Lipinski definition) is 4. The molecule has 1 aromatic rings. The number of likely N-dealkylation sites (tertiary alicyclic amines) is 1. The molecule has 1 N–H and O–H groups in total. The van der Waals surface area contributed by atoms with Crippen molar-refractivity contribution in [2.45, 2.75) is 25.4 Å². The molecule has 1 aliphatic heterocycles. The van der Waals surface area contributed by atoms with Crippen LogP contribution in [0.3, 0.4) is 0 Å². The van der Waals surface area contributed by atoms with E-state index in [4.69, 9.17) is 4.42 Å². The summed E-state index contributed by atoms with van der Waals surface area (Å²) in [5, 5.41) is 3.09. The zero-order chi connectivity index (χ0) is 11.5. The highest BCUT2D eigenvalue weighted by molar-refractivity contribution is 6.00. The van der Waals surface area contributed by atoms with Crippen LogP contribution in [0.2, 0.25) is 0 Å². The maximum absolute atomic E-state index is 11.7. The first-order valence-electron chi connectivity index (χ1n) is 5.24. The van der Waals surface area contributed by atoms with Gasteiger partial charge in [-0.3, -0.25) is 19.8 Å². The molecular weight excluding hydrogens is 208 g/mol. The molecule has 1 aliphatic rings. The summed E-state index contributed by atoms with van der Waals surface area (Å²) in [6, 6.07) is 3.36. The highest BCUT2D eigenvalue weighted by Gasteiger charge is 2.31. The lowest BCUT2D eigenvalue weighted by molar-refractivity contribution is -0.148. The zero-order valence-corrected chi connectivity index (χ0v) is 9.10. The molecule has 0 aliphatic carbocycles. The van der Waals surface area contributed by atoms with Crippen molar-refractivity contribution in [2.24, 2.45) is 0 Å². The molecule has 0 spiro atoms. The van der Waals surface area contributed by atoms with Gasteiger partial charge in [-0.15, -0.1) is 0 Å². The number of imide groups is 1. The molecule has 16 heavy (non-hydrogen) atoms. The number of piperidine rings is 1. The van der Waals surface area contributed by atoms with E-state index in [1.165, 1.54) is 11.9 Å². The zero-order valence-electron chi connectivity index (χ0n) is 9.10. The molecule has 5 nitrogen and oxygen atoms in total. The van der Waals surface area contributed by atoms with E-state index in [2.05, 4.69) is 5.32 Å². The minimum atomic E-state index is -0.284. The number of hydrogen-bond donors (Lipinski definition) is 1. The molecule has 86 valence electrons. The summed E-state index contributed by atoms with van der Waals surface area (Å²) in [4.78, 5) is 24.1. The van der Waals surface area contributed by atoms with Gasteiger partial charge in [-0.1, -0.05) is 0 Å². The molecule has 0 saturated carbocycles. The maximum atomic E-state index is 11.7. The molecule has 0 bridgehead atoms. The Kier molecular flexibility index (Phi) is 3.05. The number of likely N-dealkylation sites (N-methyl/N-ethyl adjacent to an activating group) is 1. The van der Waals surface area contributed by atoms with Crippen molar-refractivity contribution in [3.8, 4) is 0 Å². The third-order valence-electron chi connectivity index (χ3n) is 2.75. The Morgan fingerprint density at radius 1 is 1.56 bits per heavy atom. The summed E-state index contributed by atoms with van der Waals surface area (Å²) < 4.78 is 5.15. The molecule has 1 atom stereocenters. The van der Waals surface area contributed by atoms with Crippen molar-refractivity contribution in [3.05, 3.63) is 24.2 Å².